The molecule has 0 aliphatic rings. The fourth-order valence-corrected chi connectivity index (χ4v) is 5.38. The molecule has 0 aliphatic heterocycles. The third-order valence-corrected chi connectivity index (χ3v) is 5.22. The van der Waals surface area contributed by atoms with Gasteiger partial charge in [-0.3, -0.25) is 0 Å². The molecule has 2 rings (SSSR count). The molecule has 0 spiro atoms. The molecular weight excluding hydrogens is 270 g/mol. The van der Waals surface area contributed by atoms with Crippen molar-refractivity contribution in [3.05, 3.63) is 36.0 Å². The molecule has 0 radical (unpaired) electrons. The summed E-state index contributed by atoms with van der Waals surface area (Å²) >= 11 is 0. The van der Waals surface area contributed by atoms with E-state index in [4.69, 9.17) is 0 Å². The average molecular weight is 291 g/mol. The van der Waals surface area contributed by atoms with Crippen LogP contribution < -0.4 is 0 Å². The zero-order chi connectivity index (χ0) is 15.1. The minimum Gasteiger partial charge on any atom is -0.464 e. The van der Waals surface area contributed by atoms with E-state index in [0.29, 0.717) is 11.6 Å². The van der Waals surface area contributed by atoms with Gasteiger partial charge in [0.2, 0.25) is 0 Å². The van der Waals surface area contributed by atoms with E-state index < -0.39 is 14.4 Å². The van der Waals surface area contributed by atoms with Crippen LogP contribution in [0, 0.1) is 0 Å². The predicted molar refractivity (Wildman–Crippen MR) is 82.9 cm³/mol. The molecule has 1 aromatic heterocycles. The van der Waals surface area contributed by atoms with Crippen LogP contribution in [0.25, 0.3) is 10.9 Å². The number of rotatable bonds is 3. The second-order valence-electron chi connectivity index (χ2n) is 6.58. The highest BCUT2D eigenvalue weighted by atomic mass is 28.4. The molecule has 2 aromatic rings. The molecule has 20 heavy (non-hydrogen) atoms. The second kappa shape index (κ2) is 4.75. The van der Waals surface area contributed by atoms with E-state index in [2.05, 4.69) is 0 Å². The molecule has 1 aromatic carbocycles. The summed E-state index contributed by atoms with van der Waals surface area (Å²) in [6.07, 6.45) is -0.980. The summed E-state index contributed by atoms with van der Waals surface area (Å²) in [5.41, 5.74) is 1.04. The second-order valence-corrected chi connectivity index (χ2v) is 10.6. The monoisotopic (exact) mass is 291 g/mol. The number of hydrogen-bond donors (Lipinski definition) is 2. The van der Waals surface area contributed by atoms with Crippen molar-refractivity contribution in [3.63, 3.8) is 0 Å². The quantitative estimate of drug-likeness (QED) is 0.849. The fourth-order valence-electron chi connectivity index (χ4n) is 3.03. The molecule has 0 unspecified atom stereocenters. The molecule has 0 fully saturated rings. The van der Waals surface area contributed by atoms with Gasteiger partial charge in [0.1, 0.15) is 0 Å². The van der Waals surface area contributed by atoms with Crippen LogP contribution in [0.4, 0.5) is 4.79 Å². The van der Waals surface area contributed by atoms with Crippen molar-refractivity contribution in [2.75, 3.05) is 0 Å². The normalized spacial score (nSPS) is 12.8. The molecule has 0 amide bonds. The maximum atomic E-state index is 11.6. The molecule has 108 valence electrons. The van der Waals surface area contributed by atoms with Crippen molar-refractivity contribution in [1.82, 2.24) is 4.57 Å². The van der Waals surface area contributed by atoms with Crippen LogP contribution in [0.1, 0.15) is 19.5 Å². The van der Waals surface area contributed by atoms with Gasteiger partial charge in [-0.25, -0.2) is 9.36 Å². The number of nitrogens with zero attached hydrogens (tertiary/aromatic N) is 1. The van der Waals surface area contributed by atoms with Crippen LogP contribution in [0.5, 0.6) is 0 Å². The highest BCUT2D eigenvalue weighted by molar-refractivity contribution is 6.70. The van der Waals surface area contributed by atoms with Gasteiger partial charge in [-0.15, -0.1) is 0 Å². The van der Waals surface area contributed by atoms with E-state index in [1.165, 1.54) is 4.57 Å². The van der Waals surface area contributed by atoms with Gasteiger partial charge in [-0.05, 0) is 31.3 Å². The Bertz CT molecular complexity index is 653. The van der Waals surface area contributed by atoms with E-state index in [9.17, 15) is 14.7 Å². The number of hydrogen-bond acceptors (Lipinski definition) is 2. The number of para-hydroxylation sites is 1. The van der Waals surface area contributed by atoms with Crippen LogP contribution in [-0.2, 0) is 5.41 Å². The number of benzene rings is 1. The maximum absolute atomic E-state index is 11.6. The minimum atomic E-state index is -2.29. The predicted octanol–water partition coefficient (Wildman–Crippen LogP) is 3.64. The lowest BCUT2D eigenvalue weighted by Gasteiger charge is -2.30. The van der Waals surface area contributed by atoms with Crippen molar-refractivity contribution in [1.29, 1.82) is 0 Å². The van der Waals surface area contributed by atoms with Gasteiger partial charge in [0.15, 0.2) is 8.32 Å². The van der Waals surface area contributed by atoms with Crippen LogP contribution >= 0.6 is 0 Å². The van der Waals surface area contributed by atoms with E-state index in [0.717, 1.165) is 11.1 Å². The summed E-state index contributed by atoms with van der Waals surface area (Å²) in [5, 5.41) is 10.4. The third-order valence-electron chi connectivity index (χ3n) is 3.47. The number of fused-ring (bicyclic) bond motifs is 1. The van der Waals surface area contributed by atoms with Gasteiger partial charge >= 0.3 is 6.09 Å². The van der Waals surface area contributed by atoms with Gasteiger partial charge in [-0.1, -0.05) is 32.0 Å². The largest absolute Gasteiger partial charge is 0.464 e. The Balaban J connectivity index is 2.64. The summed E-state index contributed by atoms with van der Waals surface area (Å²) in [4.78, 5) is 21.8. The zero-order valence-corrected chi connectivity index (χ0v) is 13.3. The Morgan fingerprint density at radius 3 is 2.45 bits per heavy atom. The average Bonchev–Trinajstić information content (AvgIpc) is 2.65. The Morgan fingerprint density at radius 1 is 1.30 bits per heavy atom. The number of carboxylic acid groups (broad SMARTS) is 1. The summed E-state index contributed by atoms with van der Waals surface area (Å²) < 4.78 is 1.34. The minimum absolute atomic E-state index is 0.387. The Labute approximate surface area is 119 Å². The molecular formula is C15H21NO3Si. The van der Waals surface area contributed by atoms with Gasteiger partial charge in [0.05, 0.1) is 5.52 Å². The number of aromatic nitrogens is 1. The lowest BCUT2D eigenvalue weighted by molar-refractivity contribution is 0.195. The Kier molecular flexibility index (Phi) is 3.52. The standard InChI is InChI=1S/C15H21NO3Si/c1-15(2,10-20(3,4)19)13-9-11-7-5-6-8-12(11)16(13)14(17)18/h5-9,19H,10H2,1-4H3,(H,17,18). The summed E-state index contributed by atoms with van der Waals surface area (Å²) in [7, 11) is -2.29. The molecule has 0 aliphatic carbocycles. The molecule has 0 atom stereocenters. The molecule has 0 saturated heterocycles. The first-order chi connectivity index (χ1) is 9.12. The summed E-state index contributed by atoms with van der Waals surface area (Å²) in [5.74, 6) is 0. The Morgan fingerprint density at radius 2 is 1.90 bits per heavy atom. The number of carbonyl (C=O) groups is 1. The molecule has 1 heterocycles. The topological polar surface area (TPSA) is 62.5 Å². The van der Waals surface area contributed by atoms with Crippen molar-refractivity contribution >= 4 is 25.3 Å². The fraction of sp³-hybridized carbons (Fsp3) is 0.400. The molecule has 0 saturated carbocycles. The highest BCUT2D eigenvalue weighted by Gasteiger charge is 2.34. The zero-order valence-electron chi connectivity index (χ0n) is 12.3. The first kappa shape index (κ1) is 14.8. The Hall–Kier alpha value is -1.59. The van der Waals surface area contributed by atoms with Gasteiger partial charge in [-0.2, -0.15) is 0 Å². The van der Waals surface area contributed by atoms with Crippen LogP contribution in [-0.4, -0.2) is 28.9 Å². The first-order valence-electron chi connectivity index (χ1n) is 6.68. The van der Waals surface area contributed by atoms with Crippen molar-refractivity contribution in [3.8, 4) is 0 Å². The van der Waals surface area contributed by atoms with Crippen molar-refractivity contribution < 1.29 is 14.7 Å². The van der Waals surface area contributed by atoms with Gasteiger partial charge < -0.3 is 9.90 Å². The summed E-state index contributed by atoms with van der Waals surface area (Å²) in [6.45, 7) is 7.74. The highest BCUT2D eigenvalue weighted by Crippen LogP contribution is 2.35. The molecule has 5 heteroatoms. The van der Waals surface area contributed by atoms with Crippen molar-refractivity contribution in [2.45, 2.75) is 38.4 Å². The van der Waals surface area contributed by atoms with Crippen LogP contribution in [0.15, 0.2) is 30.3 Å². The van der Waals surface area contributed by atoms with Gasteiger partial charge in [0, 0.05) is 16.5 Å². The smallest absolute Gasteiger partial charge is 0.416 e. The van der Waals surface area contributed by atoms with E-state index in [1.54, 1.807) is 0 Å². The van der Waals surface area contributed by atoms with Crippen molar-refractivity contribution in [2.24, 2.45) is 0 Å². The maximum Gasteiger partial charge on any atom is 0.416 e. The molecule has 4 nitrogen and oxygen atoms in total. The lowest BCUT2D eigenvalue weighted by Crippen LogP contribution is -2.36. The van der Waals surface area contributed by atoms with Crippen LogP contribution in [0.2, 0.25) is 19.1 Å². The van der Waals surface area contributed by atoms with E-state index in [-0.39, 0.29) is 5.41 Å². The van der Waals surface area contributed by atoms with E-state index >= 15 is 0 Å². The van der Waals surface area contributed by atoms with Crippen LogP contribution in [0.3, 0.4) is 0 Å². The molecule has 2 N–H and O–H groups in total. The van der Waals surface area contributed by atoms with E-state index in [1.807, 2.05) is 57.3 Å². The first-order valence-corrected chi connectivity index (χ1v) is 9.84. The van der Waals surface area contributed by atoms with Gasteiger partial charge in [0.25, 0.3) is 0 Å². The lowest BCUT2D eigenvalue weighted by atomic mass is 9.91. The third kappa shape index (κ3) is 2.78. The molecule has 0 bridgehead atoms. The summed E-state index contributed by atoms with van der Waals surface area (Å²) in [6, 6.07) is 9.99. The SMILES string of the molecule is CC(C)(C[Si](C)(C)O)c1cc2ccccc2n1C(=O)O.